The van der Waals surface area contributed by atoms with Crippen molar-refractivity contribution in [3.05, 3.63) is 75.6 Å². The summed E-state index contributed by atoms with van der Waals surface area (Å²) in [7, 11) is 0. The molecule has 0 saturated heterocycles. The summed E-state index contributed by atoms with van der Waals surface area (Å²) < 4.78 is 5.57. The van der Waals surface area contributed by atoms with Crippen LogP contribution < -0.4 is 10.3 Å². The van der Waals surface area contributed by atoms with Gasteiger partial charge in [0.1, 0.15) is 5.75 Å². The van der Waals surface area contributed by atoms with Gasteiger partial charge in [-0.25, -0.2) is 5.01 Å². The number of rotatable bonds is 7. The first-order chi connectivity index (χ1) is 15.9. The van der Waals surface area contributed by atoms with Crippen molar-refractivity contribution in [3.63, 3.8) is 0 Å². The molecule has 1 aliphatic heterocycles. The Bertz CT molecular complexity index is 1290. The number of nitrogens with one attached hydrogen (secondary N) is 1. The van der Waals surface area contributed by atoms with Crippen molar-refractivity contribution in [2.45, 2.75) is 39.2 Å². The fraction of sp³-hybridized carbons (Fsp3) is 0.280. The molecule has 0 radical (unpaired) electrons. The molecule has 1 aromatic heterocycles. The Morgan fingerprint density at radius 2 is 1.91 bits per heavy atom. The topological polar surface area (TPSA) is 112 Å². The van der Waals surface area contributed by atoms with Gasteiger partial charge in [0, 0.05) is 29.3 Å². The molecule has 0 spiro atoms. The number of ether oxygens (including phenoxy) is 1. The first kappa shape index (κ1) is 22.3. The smallest absolute Gasteiger partial charge is 0.303 e. The number of benzene rings is 2. The summed E-state index contributed by atoms with van der Waals surface area (Å²) in [6, 6.07) is 14.3. The largest absolute Gasteiger partial charge is 0.494 e. The summed E-state index contributed by atoms with van der Waals surface area (Å²) in [6.07, 6.45) is -0.151. The molecule has 33 heavy (non-hydrogen) atoms. The van der Waals surface area contributed by atoms with Crippen molar-refractivity contribution in [1.82, 2.24) is 9.99 Å². The van der Waals surface area contributed by atoms with Crippen LogP contribution in [-0.4, -0.2) is 39.3 Å². The normalized spacial score (nSPS) is 15.5. The van der Waals surface area contributed by atoms with Gasteiger partial charge in [0.05, 0.1) is 24.8 Å². The number of hydrogen-bond donors (Lipinski definition) is 2. The molecule has 0 saturated carbocycles. The maximum absolute atomic E-state index is 13.0. The molecule has 1 atom stereocenters. The highest BCUT2D eigenvalue weighted by atomic mass is 16.5. The van der Waals surface area contributed by atoms with Crippen molar-refractivity contribution >= 4 is 28.5 Å². The molecule has 8 nitrogen and oxygen atoms in total. The Morgan fingerprint density at radius 1 is 1.15 bits per heavy atom. The number of hydrogen-bond acceptors (Lipinski definition) is 5. The number of aryl methyl sites for hydroxylation is 1. The molecule has 170 valence electrons. The van der Waals surface area contributed by atoms with Crippen molar-refractivity contribution < 1.29 is 19.4 Å². The maximum atomic E-state index is 13.0. The van der Waals surface area contributed by atoms with Gasteiger partial charge >= 0.3 is 5.97 Å². The minimum absolute atomic E-state index is 0.198. The molecule has 3 aromatic rings. The van der Waals surface area contributed by atoms with Gasteiger partial charge in [-0.1, -0.05) is 29.8 Å². The molecule has 1 amide bonds. The summed E-state index contributed by atoms with van der Waals surface area (Å²) in [4.78, 5) is 39.8. The van der Waals surface area contributed by atoms with Gasteiger partial charge in [0.25, 0.3) is 5.56 Å². The van der Waals surface area contributed by atoms with E-state index in [9.17, 15) is 14.4 Å². The Labute approximate surface area is 190 Å². The van der Waals surface area contributed by atoms with E-state index in [1.165, 1.54) is 5.01 Å². The number of amides is 1. The molecule has 0 fully saturated rings. The van der Waals surface area contributed by atoms with Crippen LogP contribution in [0, 0.1) is 6.92 Å². The van der Waals surface area contributed by atoms with Crippen molar-refractivity contribution in [3.8, 4) is 5.75 Å². The zero-order valence-corrected chi connectivity index (χ0v) is 18.5. The molecular weight excluding hydrogens is 422 g/mol. The average molecular weight is 447 g/mol. The van der Waals surface area contributed by atoms with Crippen LogP contribution in [0.25, 0.3) is 10.9 Å². The van der Waals surface area contributed by atoms with Crippen LogP contribution in [0.4, 0.5) is 0 Å². The second kappa shape index (κ2) is 9.28. The SMILES string of the molecule is CCOc1ccc2[nH]c(=O)c([C@H]3CC(c4ccc(C)cc4)=NN3C(=O)CCC(=O)O)cc2c1. The summed E-state index contributed by atoms with van der Waals surface area (Å²) in [5.41, 5.74) is 3.37. The minimum Gasteiger partial charge on any atom is -0.494 e. The summed E-state index contributed by atoms with van der Waals surface area (Å²) in [5.74, 6) is -0.818. The van der Waals surface area contributed by atoms with E-state index in [0.29, 0.717) is 35.6 Å². The number of carboxylic acids is 1. The lowest BCUT2D eigenvalue weighted by molar-refractivity contribution is -0.141. The molecule has 8 heteroatoms. The van der Waals surface area contributed by atoms with E-state index in [4.69, 9.17) is 9.84 Å². The van der Waals surface area contributed by atoms with Crippen LogP contribution in [0.15, 0.2) is 58.4 Å². The number of aliphatic carboxylic acids is 1. The molecule has 0 unspecified atom stereocenters. The molecule has 0 aliphatic carbocycles. The highest BCUT2D eigenvalue weighted by Crippen LogP contribution is 2.33. The number of aromatic nitrogens is 1. The Morgan fingerprint density at radius 3 is 2.61 bits per heavy atom. The van der Waals surface area contributed by atoms with Crippen molar-refractivity contribution in [2.24, 2.45) is 5.10 Å². The second-order valence-corrected chi connectivity index (χ2v) is 8.00. The number of carbonyl (C=O) groups excluding carboxylic acids is 1. The number of pyridine rings is 1. The third kappa shape index (κ3) is 4.79. The van der Waals surface area contributed by atoms with E-state index in [1.54, 1.807) is 18.2 Å². The van der Waals surface area contributed by atoms with Crippen LogP contribution in [0.2, 0.25) is 0 Å². The summed E-state index contributed by atoms with van der Waals surface area (Å²) in [6.45, 7) is 4.39. The monoisotopic (exact) mass is 447 g/mol. The van der Waals surface area contributed by atoms with Gasteiger partial charge in [0.2, 0.25) is 5.91 Å². The van der Waals surface area contributed by atoms with Gasteiger partial charge in [0.15, 0.2) is 0 Å². The third-order valence-electron chi connectivity index (χ3n) is 5.62. The fourth-order valence-electron chi connectivity index (χ4n) is 3.94. The number of hydrazone groups is 1. The van der Waals surface area contributed by atoms with Gasteiger partial charge < -0.3 is 14.8 Å². The van der Waals surface area contributed by atoms with E-state index in [2.05, 4.69) is 10.1 Å². The number of aromatic amines is 1. The minimum atomic E-state index is -1.06. The predicted molar refractivity (Wildman–Crippen MR) is 125 cm³/mol. The van der Waals surface area contributed by atoms with E-state index < -0.39 is 17.9 Å². The van der Waals surface area contributed by atoms with Gasteiger partial charge in [-0.15, -0.1) is 0 Å². The number of fused-ring (bicyclic) bond motifs is 1. The van der Waals surface area contributed by atoms with Crippen molar-refractivity contribution in [2.75, 3.05) is 6.61 Å². The van der Waals surface area contributed by atoms with Crippen LogP contribution >= 0.6 is 0 Å². The number of carbonyl (C=O) groups is 2. The fourth-order valence-corrected chi connectivity index (χ4v) is 3.94. The predicted octanol–water partition coefficient (Wildman–Crippen LogP) is 3.78. The zero-order chi connectivity index (χ0) is 23.5. The third-order valence-corrected chi connectivity index (χ3v) is 5.62. The molecule has 1 aliphatic rings. The standard InChI is InChI=1S/C25H25N3O5/c1-3-33-18-8-9-20-17(12-18)13-19(25(32)26-20)22-14-21(16-6-4-15(2)5-7-16)27-28(22)23(29)10-11-24(30)31/h4-9,12-13,22H,3,10-11,14H2,1-2H3,(H,26,32)(H,30,31)/t22-/m1/s1. The second-order valence-electron chi connectivity index (χ2n) is 8.00. The Hall–Kier alpha value is -3.94. The van der Waals surface area contributed by atoms with Crippen molar-refractivity contribution in [1.29, 1.82) is 0 Å². The number of H-pyrrole nitrogens is 1. The first-order valence-electron chi connectivity index (χ1n) is 10.8. The molecule has 2 N–H and O–H groups in total. The highest BCUT2D eigenvalue weighted by molar-refractivity contribution is 6.03. The van der Waals surface area contributed by atoms with Gasteiger partial charge in [-0.2, -0.15) is 5.10 Å². The van der Waals surface area contributed by atoms with Gasteiger partial charge in [-0.05, 0) is 43.7 Å². The van der Waals surface area contributed by atoms with E-state index >= 15 is 0 Å². The molecule has 2 aromatic carbocycles. The molecule has 2 heterocycles. The summed E-state index contributed by atoms with van der Waals surface area (Å²) in [5, 5.41) is 15.6. The van der Waals surface area contributed by atoms with Gasteiger partial charge in [-0.3, -0.25) is 14.4 Å². The van der Waals surface area contributed by atoms with Crippen LogP contribution in [0.1, 0.15) is 48.9 Å². The van der Waals surface area contributed by atoms with E-state index in [1.807, 2.05) is 44.2 Å². The molecule has 4 rings (SSSR count). The quantitative estimate of drug-likeness (QED) is 0.572. The first-order valence-corrected chi connectivity index (χ1v) is 10.8. The molecule has 0 bridgehead atoms. The lowest BCUT2D eigenvalue weighted by atomic mass is 9.97. The summed E-state index contributed by atoms with van der Waals surface area (Å²) >= 11 is 0. The van der Waals surface area contributed by atoms with E-state index in [0.717, 1.165) is 16.5 Å². The van der Waals surface area contributed by atoms with Crippen LogP contribution in [0.5, 0.6) is 5.75 Å². The molecular formula is C25H25N3O5. The van der Waals surface area contributed by atoms with E-state index in [-0.39, 0.29) is 18.4 Å². The zero-order valence-electron chi connectivity index (χ0n) is 18.5. The maximum Gasteiger partial charge on any atom is 0.303 e. The highest BCUT2D eigenvalue weighted by Gasteiger charge is 2.34. The number of nitrogens with zero attached hydrogens (tertiary/aromatic N) is 2. The Kier molecular flexibility index (Phi) is 6.26. The van der Waals surface area contributed by atoms with Crippen LogP contribution in [0.3, 0.4) is 0 Å². The lowest BCUT2D eigenvalue weighted by Gasteiger charge is -2.21. The Balaban J connectivity index is 1.74. The lowest BCUT2D eigenvalue weighted by Crippen LogP contribution is -2.31. The number of carboxylic acid groups (broad SMARTS) is 1. The average Bonchev–Trinajstić information content (AvgIpc) is 3.23. The van der Waals surface area contributed by atoms with Crippen LogP contribution in [-0.2, 0) is 9.59 Å².